The summed E-state index contributed by atoms with van der Waals surface area (Å²) in [6.45, 7) is 1.65. The SMILES string of the molecule is Cc1ccc(C(=O)Nc2ccc(S(=O)(=O)O)c3cccc(O)c23)c([N+](=O)[O-])c1. The van der Waals surface area contributed by atoms with E-state index in [4.69, 9.17) is 0 Å². The number of carbonyl (C=O) groups excluding carboxylic acids is 1. The summed E-state index contributed by atoms with van der Waals surface area (Å²) in [5.74, 6) is -1.15. The highest BCUT2D eigenvalue weighted by molar-refractivity contribution is 7.86. The predicted molar refractivity (Wildman–Crippen MR) is 101 cm³/mol. The van der Waals surface area contributed by atoms with Gasteiger partial charge in [0.25, 0.3) is 21.7 Å². The summed E-state index contributed by atoms with van der Waals surface area (Å²) in [4.78, 5) is 22.7. The molecule has 0 aliphatic rings. The minimum Gasteiger partial charge on any atom is -0.507 e. The molecule has 3 N–H and O–H groups in total. The summed E-state index contributed by atoms with van der Waals surface area (Å²) >= 11 is 0. The van der Waals surface area contributed by atoms with Gasteiger partial charge in [0.2, 0.25) is 0 Å². The quantitative estimate of drug-likeness (QED) is 0.345. The molecule has 10 heteroatoms. The van der Waals surface area contributed by atoms with Crippen LogP contribution in [0.5, 0.6) is 5.75 Å². The van der Waals surface area contributed by atoms with Crippen LogP contribution in [0.25, 0.3) is 10.8 Å². The van der Waals surface area contributed by atoms with E-state index >= 15 is 0 Å². The van der Waals surface area contributed by atoms with Crippen molar-refractivity contribution in [3.05, 3.63) is 69.8 Å². The number of nitrogens with zero attached hydrogens (tertiary/aromatic N) is 1. The van der Waals surface area contributed by atoms with Crippen molar-refractivity contribution in [2.45, 2.75) is 11.8 Å². The number of aryl methyl sites for hydroxylation is 1. The second-order valence-electron chi connectivity index (χ2n) is 6.02. The molecule has 0 saturated carbocycles. The van der Waals surface area contributed by atoms with Crippen LogP contribution in [0, 0.1) is 17.0 Å². The number of carbonyl (C=O) groups is 1. The van der Waals surface area contributed by atoms with Crippen molar-refractivity contribution in [2.75, 3.05) is 5.32 Å². The topological polar surface area (TPSA) is 147 Å². The average molecular weight is 402 g/mol. The van der Waals surface area contributed by atoms with Crippen molar-refractivity contribution in [2.24, 2.45) is 0 Å². The zero-order valence-corrected chi connectivity index (χ0v) is 15.2. The van der Waals surface area contributed by atoms with Gasteiger partial charge < -0.3 is 10.4 Å². The molecule has 0 saturated heterocycles. The molecule has 0 heterocycles. The van der Waals surface area contributed by atoms with Gasteiger partial charge in [-0.3, -0.25) is 19.5 Å². The number of anilines is 1. The molecule has 0 aromatic heterocycles. The highest BCUT2D eigenvalue weighted by Crippen LogP contribution is 2.36. The van der Waals surface area contributed by atoms with E-state index in [1.165, 1.54) is 36.4 Å². The molecule has 3 aromatic rings. The Balaban J connectivity index is 2.14. The van der Waals surface area contributed by atoms with Crippen molar-refractivity contribution < 1.29 is 27.8 Å². The van der Waals surface area contributed by atoms with E-state index < -0.39 is 25.8 Å². The van der Waals surface area contributed by atoms with Gasteiger partial charge in [-0.2, -0.15) is 8.42 Å². The molecule has 0 unspecified atom stereocenters. The highest BCUT2D eigenvalue weighted by Gasteiger charge is 2.23. The number of phenols is 1. The first kappa shape index (κ1) is 19.3. The Morgan fingerprint density at radius 3 is 2.50 bits per heavy atom. The maximum Gasteiger partial charge on any atom is 0.295 e. The number of nitro groups is 1. The van der Waals surface area contributed by atoms with Crippen molar-refractivity contribution in [3.63, 3.8) is 0 Å². The standard InChI is InChI=1S/C18H14N2O7S/c1-10-5-6-11(14(9-10)20(23)24)18(22)19-13-7-8-16(28(25,26)27)12-3-2-4-15(21)17(12)13/h2-9,21H,1H3,(H,19,22)(H,25,26,27). The van der Waals surface area contributed by atoms with E-state index in [9.17, 15) is 33.0 Å². The molecule has 0 bridgehead atoms. The van der Waals surface area contributed by atoms with Gasteiger partial charge in [-0.15, -0.1) is 0 Å². The minimum atomic E-state index is -4.58. The summed E-state index contributed by atoms with van der Waals surface area (Å²) in [6.07, 6.45) is 0. The van der Waals surface area contributed by atoms with E-state index in [2.05, 4.69) is 5.32 Å². The number of nitrogens with one attached hydrogen (secondary N) is 1. The Morgan fingerprint density at radius 2 is 1.86 bits per heavy atom. The molecule has 0 aliphatic heterocycles. The summed E-state index contributed by atoms with van der Waals surface area (Å²) in [5, 5.41) is 23.8. The van der Waals surface area contributed by atoms with Crippen LogP contribution in [0.2, 0.25) is 0 Å². The molecule has 28 heavy (non-hydrogen) atoms. The average Bonchev–Trinajstić information content (AvgIpc) is 2.60. The van der Waals surface area contributed by atoms with E-state index in [-0.39, 0.29) is 33.5 Å². The van der Waals surface area contributed by atoms with E-state index in [0.717, 1.165) is 6.07 Å². The third-order valence-corrected chi connectivity index (χ3v) is 5.01. The highest BCUT2D eigenvalue weighted by atomic mass is 32.2. The summed E-state index contributed by atoms with van der Waals surface area (Å²) in [6, 6.07) is 10.4. The Morgan fingerprint density at radius 1 is 1.14 bits per heavy atom. The van der Waals surface area contributed by atoms with Crippen LogP contribution in [-0.4, -0.2) is 28.9 Å². The van der Waals surface area contributed by atoms with E-state index in [0.29, 0.717) is 5.56 Å². The molecule has 9 nitrogen and oxygen atoms in total. The number of hydrogen-bond acceptors (Lipinski definition) is 6. The Bertz CT molecular complexity index is 1240. The number of rotatable bonds is 4. The fourth-order valence-corrected chi connectivity index (χ4v) is 3.55. The first-order valence-corrected chi connectivity index (χ1v) is 9.32. The molecule has 1 amide bonds. The smallest absolute Gasteiger partial charge is 0.295 e. The Kier molecular flexibility index (Phi) is 4.75. The number of phenolic OH excluding ortho intramolecular Hbond substituents is 1. The maximum atomic E-state index is 12.6. The van der Waals surface area contributed by atoms with Gasteiger partial charge in [0.15, 0.2) is 0 Å². The van der Waals surface area contributed by atoms with Gasteiger partial charge >= 0.3 is 0 Å². The van der Waals surface area contributed by atoms with Crippen LogP contribution >= 0.6 is 0 Å². The lowest BCUT2D eigenvalue weighted by Crippen LogP contribution is -2.14. The van der Waals surface area contributed by atoms with Crippen molar-refractivity contribution in [1.29, 1.82) is 0 Å². The summed E-state index contributed by atoms with van der Waals surface area (Å²) in [5.41, 5.74) is 0.0443. The van der Waals surface area contributed by atoms with Crippen LogP contribution in [0.15, 0.2) is 53.4 Å². The van der Waals surface area contributed by atoms with Crippen LogP contribution in [0.4, 0.5) is 11.4 Å². The third-order valence-electron chi connectivity index (χ3n) is 4.10. The number of fused-ring (bicyclic) bond motifs is 1. The van der Waals surface area contributed by atoms with Gasteiger partial charge in [0.05, 0.1) is 10.6 Å². The first-order valence-electron chi connectivity index (χ1n) is 7.88. The van der Waals surface area contributed by atoms with Crippen LogP contribution in [0.3, 0.4) is 0 Å². The molecule has 144 valence electrons. The predicted octanol–water partition coefficient (Wildman–Crippen LogP) is 3.26. The Labute approximate surface area is 159 Å². The normalized spacial score (nSPS) is 11.4. The first-order chi connectivity index (χ1) is 13.1. The number of nitro benzene ring substituents is 1. The molecular weight excluding hydrogens is 388 g/mol. The molecule has 0 radical (unpaired) electrons. The van der Waals surface area contributed by atoms with Crippen LogP contribution in [-0.2, 0) is 10.1 Å². The van der Waals surface area contributed by atoms with Crippen LogP contribution < -0.4 is 5.32 Å². The van der Waals surface area contributed by atoms with Crippen molar-refractivity contribution in [3.8, 4) is 5.75 Å². The van der Waals surface area contributed by atoms with Crippen LogP contribution in [0.1, 0.15) is 15.9 Å². The summed E-state index contributed by atoms with van der Waals surface area (Å²) in [7, 11) is -4.58. The number of benzene rings is 3. The zero-order valence-electron chi connectivity index (χ0n) is 14.4. The molecule has 3 rings (SSSR count). The third kappa shape index (κ3) is 3.50. The van der Waals surface area contributed by atoms with Gasteiger partial charge in [0, 0.05) is 16.8 Å². The second kappa shape index (κ2) is 6.91. The molecular formula is C18H14N2O7S. The van der Waals surface area contributed by atoms with Gasteiger partial charge in [-0.25, -0.2) is 0 Å². The fourth-order valence-electron chi connectivity index (χ4n) is 2.86. The molecule has 0 aliphatic carbocycles. The summed E-state index contributed by atoms with van der Waals surface area (Å²) < 4.78 is 32.5. The monoisotopic (exact) mass is 402 g/mol. The largest absolute Gasteiger partial charge is 0.507 e. The molecule has 0 atom stereocenters. The second-order valence-corrected chi connectivity index (χ2v) is 7.41. The van der Waals surface area contributed by atoms with Crippen molar-refractivity contribution in [1.82, 2.24) is 0 Å². The van der Waals surface area contributed by atoms with Crippen molar-refractivity contribution >= 4 is 38.2 Å². The number of aromatic hydroxyl groups is 1. The van der Waals surface area contributed by atoms with Gasteiger partial charge in [-0.1, -0.05) is 18.2 Å². The zero-order chi connectivity index (χ0) is 20.6. The number of hydrogen-bond donors (Lipinski definition) is 3. The fraction of sp³-hybridized carbons (Fsp3) is 0.0556. The van der Waals surface area contributed by atoms with Gasteiger partial charge in [-0.05, 0) is 36.8 Å². The molecule has 0 fully saturated rings. The maximum absolute atomic E-state index is 12.6. The molecule has 3 aromatic carbocycles. The minimum absolute atomic E-state index is 0.0151. The lowest BCUT2D eigenvalue weighted by Gasteiger charge is -2.12. The van der Waals surface area contributed by atoms with Gasteiger partial charge in [0.1, 0.15) is 16.2 Å². The van der Waals surface area contributed by atoms with E-state index in [1.807, 2.05) is 0 Å². The lowest BCUT2D eigenvalue weighted by atomic mass is 10.1. The number of amides is 1. The lowest BCUT2D eigenvalue weighted by molar-refractivity contribution is -0.385. The van der Waals surface area contributed by atoms with E-state index in [1.54, 1.807) is 13.0 Å². The Hall–Kier alpha value is -3.50. The molecule has 0 spiro atoms.